The molecule has 1 aliphatic heterocycles. The number of pyridine rings is 1. The van der Waals surface area contributed by atoms with Gasteiger partial charge in [0.05, 0.1) is 12.7 Å². The summed E-state index contributed by atoms with van der Waals surface area (Å²) in [6.07, 6.45) is 13.6. The maximum Gasteiger partial charge on any atom is 1.00 e. The van der Waals surface area contributed by atoms with Gasteiger partial charge in [0.15, 0.2) is 0 Å². The molecule has 38 heavy (non-hydrogen) atoms. The average Bonchev–Trinajstić information content (AvgIpc) is 3.42. The molecule has 2 aliphatic rings. The molecular formula is C28H32LiN5O4-2. The van der Waals surface area contributed by atoms with Crippen molar-refractivity contribution in [1.82, 2.24) is 9.88 Å². The number of hydrogen-bond acceptors (Lipinski definition) is 7. The first-order chi connectivity index (χ1) is 18.1. The zero-order valence-electron chi connectivity index (χ0n) is 22.3. The second kappa shape index (κ2) is 14.7. The summed E-state index contributed by atoms with van der Waals surface area (Å²) in [6, 6.07) is 8.81. The van der Waals surface area contributed by atoms with Gasteiger partial charge in [-0.15, -0.1) is 6.07 Å². The van der Waals surface area contributed by atoms with E-state index in [-0.39, 0.29) is 37.0 Å². The van der Waals surface area contributed by atoms with Crippen LogP contribution in [0.1, 0.15) is 72.6 Å². The van der Waals surface area contributed by atoms with Gasteiger partial charge in [0, 0.05) is 13.1 Å². The SMILES string of the molecule is C[CH-]CC[C-]=NN=[C-]c1cccc(NC(=O)c2cc3c(cc2OC)CCN(C(=O)OC2CCCC2)C3)n1.[Li+]. The minimum atomic E-state index is -0.367. The van der Waals surface area contributed by atoms with Crippen LogP contribution in [0.2, 0.25) is 0 Å². The summed E-state index contributed by atoms with van der Waals surface area (Å²) >= 11 is 0. The Morgan fingerprint density at radius 2 is 2.03 bits per heavy atom. The number of fused-ring (bicyclic) bond motifs is 1. The van der Waals surface area contributed by atoms with Gasteiger partial charge in [-0.25, -0.2) is 11.2 Å². The zero-order valence-corrected chi connectivity index (χ0v) is 22.3. The topological polar surface area (TPSA) is 105 Å². The van der Waals surface area contributed by atoms with Crippen molar-refractivity contribution in [2.24, 2.45) is 10.2 Å². The van der Waals surface area contributed by atoms with Gasteiger partial charge in [-0.1, -0.05) is 11.9 Å². The van der Waals surface area contributed by atoms with Gasteiger partial charge >= 0.3 is 25.0 Å². The summed E-state index contributed by atoms with van der Waals surface area (Å²) in [7, 11) is 1.53. The summed E-state index contributed by atoms with van der Waals surface area (Å²) in [4.78, 5) is 31.9. The third-order valence-corrected chi connectivity index (χ3v) is 6.43. The molecular weight excluding hydrogens is 477 g/mol. The monoisotopic (exact) mass is 509 g/mol. The fourth-order valence-electron chi connectivity index (χ4n) is 4.43. The first-order valence-corrected chi connectivity index (χ1v) is 12.7. The van der Waals surface area contributed by atoms with E-state index < -0.39 is 0 Å². The zero-order chi connectivity index (χ0) is 26.0. The van der Waals surface area contributed by atoms with Crippen LogP contribution in [0.4, 0.5) is 10.6 Å². The molecule has 0 spiro atoms. The number of aromatic nitrogens is 1. The van der Waals surface area contributed by atoms with Gasteiger partial charge < -0.3 is 42.5 Å². The van der Waals surface area contributed by atoms with Crippen LogP contribution < -0.4 is 28.9 Å². The molecule has 2 heterocycles. The van der Waals surface area contributed by atoms with E-state index in [4.69, 9.17) is 9.47 Å². The molecule has 2 amide bonds. The molecule has 2 aromatic rings. The van der Waals surface area contributed by atoms with Crippen molar-refractivity contribution < 1.29 is 37.9 Å². The van der Waals surface area contributed by atoms with Crippen molar-refractivity contribution in [2.75, 3.05) is 19.0 Å². The summed E-state index contributed by atoms with van der Waals surface area (Å²) in [6.45, 7) is 2.93. The number of nitrogens with zero attached hydrogens (tertiary/aromatic N) is 4. The van der Waals surface area contributed by atoms with E-state index in [0.717, 1.165) is 43.2 Å². The standard InChI is InChI=1S/C28H32N5O4.Li/c1-3-4-7-14-29-30-18-22-9-8-12-26(31-22)32-27(34)24-16-21-19-33(15-13-20(21)17-25(24)36-2)28(35)37-23-10-5-6-11-23;/h3,8-9,12,16-17,23H,4-7,10-11,13,15,19H2,1-2H3,(H,31,32,34);/q-3;+1. The van der Waals surface area contributed by atoms with Gasteiger partial charge in [0.25, 0.3) is 5.91 Å². The molecule has 1 N–H and O–H groups in total. The third kappa shape index (κ3) is 7.92. The molecule has 1 aromatic heterocycles. The van der Waals surface area contributed by atoms with Crippen molar-refractivity contribution >= 4 is 30.2 Å². The molecule has 0 saturated heterocycles. The molecule has 0 unspecified atom stereocenters. The number of unbranched alkanes of at least 4 members (excludes halogenated alkanes) is 2. The summed E-state index contributed by atoms with van der Waals surface area (Å²) < 4.78 is 11.2. The molecule has 0 atom stereocenters. The van der Waals surface area contributed by atoms with Crippen LogP contribution in [0.5, 0.6) is 5.75 Å². The van der Waals surface area contributed by atoms with Crippen LogP contribution in [0, 0.1) is 6.42 Å². The Hall–Kier alpha value is -3.15. The van der Waals surface area contributed by atoms with Crippen LogP contribution in [0.25, 0.3) is 0 Å². The molecule has 0 radical (unpaired) electrons. The first kappa shape index (κ1) is 29.4. The largest absolute Gasteiger partial charge is 1.00 e. The number of carbonyl (C=O) groups excluding carboxylic acids is 2. The fraction of sp³-hybridized carbons (Fsp3) is 0.429. The third-order valence-electron chi connectivity index (χ3n) is 6.43. The molecule has 1 saturated carbocycles. The summed E-state index contributed by atoms with van der Waals surface area (Å²) in [5, 5.41) is 10.5. The van der Waals surface area contributed by atoms with Crippen molar-refractivity contribution in [3.8, 4) is 5.75 Å². The molecule has 196 valence electrons. The number of anilines is 1. The van der Waals surface area contributed by atoms with E-state index in [1.165, 1.54) is 7.11 Å². The van der Waals surface area contributed by atoms with Crippen molar-refractivity contribution in [3.63, 3.8) is 0 Å². The molecule has 1 fully saturated rings. The van der Waals surface area contributed by atoms with Crippen LogP contribution >= 0.6 is 0 Å². The van der Waals surface area contributed by atoms with Crippen LogP contribution in [-0.2, 0) is 17.7 Å². The fourth-order valence-corrected chi connectivity index (χ4v) is 4.43. The number of ether oxygens (including phenoxy) is 2. The average molecular weight is 510 g/mol. The Balaban J connectivity index is 0.00000400. The summed E-state index contributed by atoms with van der Waals surface area (Å²) in [5.41, 5.74) is 2.75. The smallest absolute Gasteiger partial charge is 0.496 e. The first-order valence-electron chi connectivity index (χ1n) is 12.7. The Bertz CT molecular complexity index is 1160. The molecule has 9 nitrogen and oxygen atoms in total. The Kier molecular flexibility index (Phi) is 11.4. The van der Waals surface area contributed by atoms with E-state index in [2.05, 4.69) is 32.9 Å². The molecule has 0 bridgehead atoms. The molecule has 1 aromatic carbocycles. The number of hydrogen-bond donors (Lipinski definition) is 1. The van der Waals surface area contributed by atoms with Crippen molar-refractivity contribution in [3.05, 3.63) is 59.1 Å². The van der Waals surface area contributed by atoms with Gasteiger partial charge in [0.2, 0.25) is 0 Å². The van der Waals surface area contributed by atoms with Crippen molar-refractivity contribution in [1.29, 1.82) is 0 Å². The number of amides is 2. The number of methoxy groups -OCH3 is 1. The number of rotatable bonds is 9. The van der Waals surface area contributed by atoms with Gasteiger partial charge in [0.1, 0.15) is 17.7 Å². The predicted octanol–water partition coefficient (Wildman–Crippen LogP) is 1.95. The number of carbonyl (C=O) groups is 2. The second-order valence-corrected chi connectivity index (χ2v) is 9.06. The van der Waals surface area contributed by atoms with Crippen molar-refractivity contribution in [2.45, 2.75) is 64.5 Å². The second-order valence-electron chi connectivity index (χ2n) is 9.06. The molecule has 1 aliphatic carbocycles. The van der Waals surface area contributed by atoms with E-state index in [1.807, 2.05) is 19.4 Å². The van der Waals surface area contributed by atoms with Gasteiger partial charge in [-0.05, 0) is 61.4 Å². The Morgan fingerprint density at radius 3 is 2.79 bits per heavy atom. The van der Waals surface area contributed by atoms with E-state index in [9.17, 15) is 9.59 Å². The predicted molar refractivity (Wildman–Crippen MR) is 141 cm³/mol. The van der Waals surface area contributed by atoms with Crippen LogP contribution in [0.15, 0.2) is 40.5 Å². The van der Waals surface area contributed by atoms with E-state index in [1.54, 1.807) is 29.2 Å². The van der Waals surface area contributed by atoms with Gasteiger partial charge in [-0.2, -0.15) is 19.4 Å². The van der Waals surface area contributed by atoms with Gasteiger partial charge in [-0.3, -0.25) is 9.78 Å². The summed E-state index contributed by atoms with van der Waals surface area (Å²) in [5.74, 6) is 0.450. The Labute approximate surface area is 236 Å². The molecule has 4 rings (SSSR count). The maximum atomic E-state index is 13.2. The Morgan fingerprint density at radius 1 is 1.21 bits per heavy atom. The normalized spacial score (nSPS) is 15.4. The molecule has 10 heteroatoms. The number of benzene rings is 1. The van der Waals surface area contributed by atoms with E-state index in [0.29, 0.717) is 48.8 Å². The van der Waals surface area contributed by atoms with Crippen LogP contribution in [-0.4, -0.2) is 54.1 Å². The minimum Gasteiger partial charge on any atom is -0.496 e. The minimum absolute atomic E-state index is 0. The van der Waals surface area contributed by atoms with Crippen LogP contribution in [0.3, 0.4) is 0 Å². The van der Waals surface area contributed by atoms with E-state index >= 15 is 0 Å². The quantitative estimate of drug-likeness (QED) is 0.183. The number of nitrogens with one attached hydrogen (secondary N) is 1. The maximum absolute atomic E-state index is 13.2.